The molecular formula is C25H30N2O3S. The molecule has 0 aliphatic carbocycles. The van der Waals surface area contributed by atoms with Gasteiger partial charge in [0.05, 0.1) is 11.1 Å². The second-order valence-electron chi connectivity index (χ2n) is 8.28. The van der Waals surface area contributed by atoms with Crippen molar-refractivity contribution < 1.29 is 14.9 Å². The molecule has 4 rings (SSSR count). The number of piperidine rings is 1. The van der Waals surface area contributed by atoms with E-state index in [4.69, 9.17) is 4.74 Å². The van der Waals surface area contributed by atoms with E-state index in [0.29, 0.717) is 19.3 Å². The third kappa shape index (κ3) is 5.21. The summed E-state index contributed by atoms with van der Waals surface area (Å²) in [7, 11) is 0. The van der Waals surface area contributed by atoms with E-state index in [1.807, 2.05) is 49.6 Å². The quantitative estimate of drug-likeness (QED) is 0.423. The number of aryl methyl sites for hydroxylation is 1. The van der Waals surface area contributed by atoms with Crippen LogP contribution in [0.3, 0.4) is 0 Å². The molecule has 1 unspecified atom stereocenters. The van der Waals surface area contributed by atoms with Gasteiger partial charge < -0.3 is 19.8 Å². The number of aliphatic hydroxyl groups is 2. The molecule has 0 saturated carbocycles. The van der Waals surface area contributed by atoms with Crippen LogP contribution in [0.5, 0.6) is 5.75 Å². The van der Waals surface area contributed by atoms with Crippen LogP contribution in [0.2, 0.25) is 0 Å². The molecule has 1 aromatic heterocycles. The molecule has 1 fully saturated rings. The van der Waals surface area contributed by atoms with Crippen molar-refractivity contribution in [2.24, 2.45) is 0 Å². The van der Waals surface area contributed by atoms with Crippen molar-refractivity contribution in [3.8, 4) is 5.75 Å². The first-order valence-electron chi connectivity index (χ1n) is 10.8. The van der Waals surface area contributed by atoms with Gasteiger partial charge in [-0.25, -0.2) is 0 Å². The zero-order valence-electron chi connectivity index (χ0n) is 18.1. The molecule has 164 valence electrons. The molecule has 3 aromatic rings. The van der Waals surface area contributed by atoms with E-state index in [-0.39, 0.29) is 0 Å². The van der Waals surface area contributed by atoms with E-state index in [9.17, 15) is 10.2 Å². The van der Waals surface area contributed by atoms with E-state index in [0.717, 1.165) is 47.4 Å². The molecular weight excluding hydrogens is 408 g/mol. The van der Waals surface area contributed by atoms with Crippen LogP contribution in [0, 0.1) is 6.92 Å². The largest absolute Gasteiger partial charge is 0.465 e. The van der Waals surface area contributed by atoms with Crippen LogP contribution in [-0.2, 0) is 5.60 Å². The van der Waals surface area contributed by atoms with Gasteiger partial charge in [-0.1, -0.05) is 18.2 Å². The fraction of sp³-hybridized carbons (Fsp3) is 0.400. The number of rotatable bonds is 7. The molecule has 2 N–H and O–H groups in total. The topological polar surface area (TPSA) is 65.8 Å². The minimum absolute atomic E-state index is 0.527. The summed E-state index contributed by atoms with van der Waals surface area (Å²) in [5.74, 6) is 0.724. The van der Waals surface area contributed by atoms with E-state index < -0.39 is 11.9 Å². The molecule has 0 spiro atoms. The van der Waals surface area contributed by atoms with Crippen LogP contribution < -0.4 is 4.74 Å². The van der Waals surface area contributed by atoms with Crippen molar-refractivity contribution in [1.29, 1.82) is 0 Å². The Morgan fingerprint density at radius 1 is 1.16 bits per heavy atom. The summed E-state index contributed by atoms with van der Waals surface area (Å²) in [5.41, 5.74) is 2.01. The third-order valence-electron chi connectivity index (χ3n) is 6.15. The van der Waals surface area contributed by atoms with Gasteiger partial charge in [-0.3, -0.25) is 4.98 Å². The Balaban J connectivity index is 1.29. The number of thioether (sulfide) groups is 1. The average molecular weight is 439 g/mol. The molecule has 2 heterocycles. The number of hydrogen-bond acceptors (Lipinski definition) is 6. The average Bonchev–Trinajstić information content (AvgIpc) is 2.79. The van der Waals surface area contributed by atoms with E-state index in [2.05, 4.69) is 22.0 Å². The Morgan fingerprint density at radius 2 is 1.94 bits per heavy atom. The lowest BCUT2D eigenvalue weighted by Crippen LogP contribution is -2.43. The monoisotopic (exact) mass is 438 g/mol. The molecule has 1 aliphatic rings. The van der Waals surface area contributed by atoms with Gasteiger partial charge in [0.1, 0.15) is 5.75 Å². The van der Waals surface area contributed by atoms with E-state index in [1.165, 1.54) is 4.90 Å². The van der Waals surface area contributed by atoms with Crippen molar-refractivity contribution >= 4 is 22.7 Å². The zero-order chi connectivity index (χ0) is 21.8. The minimum Gasteiger partial charge on any atom is -0.465 e. The maximum Gasteiger partial charge on any atom is 0.198 e. The molecule has 1 atom stereocenters. The number of likely N-dealkylation sites (tertiary alicyclic amines) is 1. The Morgan fingerprint density at radius 3 is 2.68 bits per heavy atom. The Labute approximate surface area is 188 Å². The number of benzene rings is 2. The molecule has 0 bridgehead atoms. The summed E-state index contributed by atoms with van der Waals surface area (Å²) in [4.78, 5) is 7.97. The number of para-hydroxylation sites is 1. The molecule has 1 saturated heterocycles. The number of ether oxygens (including phenoxy) is 1. The summed E-state index contributed by atoms with van der Waals surface area (Å²) in [6.07, 6.45) is 4.84. The lowest BCUT2D eigenvalue weighted by molar-refractivity contribution is -0.0479. The SMILES string of the molecule is CSc1ccc(OC(O)CCN2CCC(O)(c3cnc4ccccc4c3)CC2)c(C)c1. The van der Waals surface area contributed by atoms with Gasteiger partial charge in [-0.05, 0) is 61.9 Å². The highest BCUT2D eigenvalue weighted by Crippen LogP contribution is 2.34. The number of nitrogens with zero attached hydrogens (tertiary/aromatic N) is 2. The van der Waals surface area contributed by atoms with E-state index >= 15 is 0 Å². The summed E-state index contributed by atoms with van der Waals surface area (Å²) in [6, 6.07) is 16.0. The normalized spacial score (nSPS) is 17.5. The number of fused-ring (bicyclic) bond motifs is 1. The van der Waals surface area contributed by atoms with Crippen molar-refractivity contribution in [3.63, 3.8) is 0 Å². The highest BCUT2D eigenvalue weighted by Gasteiger charge is 2.34. The van der Waals surface area contributed by atoms with Crippen molar-refractivity contribution in [1.82, 2.24) is 9.88 Å². The van der Waals surface area contributed by atoms with Gasteiger partial charge in [0.2, 0.25) is 0 Å². The van der Waals surface area contributed by atoms with Gasteiger partial charge in [0.25, 0.3) is 0 Å². The third-order valence-corrected chi connectivity index (χ3v) is 6.87. The number of aliphatic hydroxyl groups excluding tert-OH is 1. The van der Waals surface area contributed by atoms with Crippen LogP contribution in [0.4, 0.5) is 0 Å². The van der Waals surface area contributed by atoms with Crippen LogP contribution in [0.15, 0.2) is 59.6 Å². The summed E-state index contributed by atoms with van der Waals surface area (Å²) < 4.78 is 5.75. The van der Waals surface area contributed by atoms with Crippen LogP contribution in [0.1, 0.15) is 30.4 Å². The van der Waals surface area contributed by atoms with Crippen molar-refractivity contribution in [2.45, 2.75) is 43.0 Å². The number of pyridine rings is 1. The smallest absolute Gasteiger partial charge is 0.198 e. The fourth-order valence-electron chi connectivity index (χ4n) is 4.14. The molecule has 5 nitrogen and oxygen atoms in total. The Kier molecular flexibility index (Phi) is 6.82. The Bertz CT molecular complexity index is 1030. The van der Waals surface area contributed by atoms with Crippen molar-refractivity contribution in [3.05, 3.63) is 65.9 Å². The highest BCUT2D eigenvalue weighted by molar-refractivity contribution is 7.98. The second-order valence-corrected chi connectivity index (χ2v) is 9.16. The first-order valence-corrected chi connectivity index (χ1v) is 12.0. The molecule has 6 heteroatoms. The van der Waals surface area contributed by atoms with Gasteiger partial charge >= 0.3 is 0 Å². The number of hydrogen-bond donors (Lipinski definition) is 2. The van der Waals surface area contributed by atoms with Crippen molar-refractivity contribution in [2.75, 3.05) is 25.9 Å². The van der Waals surface area contributed by atoms with Gasteiger partial charge in [-0.15, -0.1) is 11.8 Å². The van der Waals surface area contributed by atoms with Crippen LogP contribution >= 0.6 is 11.8 Å². The standard InChI is InChI=1S/C25H30N2O3S/c1-18-15-21(31-2)7-8-23(18)30-24(28)9-12-27-13-10-25(29,11-14-27)20-16-19-5-3-4-6-22(19)26-17-20/h3-8,15-17,24,28-29H,9-14H2,1-2H3. The molecule has 0 radical (unpaired) electrons. The fourth-order valence-corrected chi connectivity index (χ4v) is 4.64. The first-order chi connectivity index (χ1) is 15.0. The molecule has 0 amide bonds. The van der Waals surface area contributed by atoms with E-state index in [1.54, 1.807) is 18.0 Å². The maximum absolute atomic E-state index is 11.2. The summed E-state index contributed by atoms with van der Waals surface area (Å²) >= 11 is 1.69. The molecule has 1 aliphatic heterocycles. The molecule has 31 heavy (non-hydrogen) atoms. The summed E-state index contributed by atoms with van der Waals surface area (Å²) in [6.45, 7) is 4.28. The zero-order valence-corrected chi connectivity index (χ0v) is 18.9. The second kappa shape index (κ2) is 9.57. The first kappa shape index (κ1) is 22.1. The predicted octanol–water partition coefficient (Wildman–Crippen LogP) is 4.34. The summed E-state index contributed by atoms with van der Waals surface area (Å²) in [5, 5.41) is 22.6. The van der Waals surface area contributed by atoms with Gasteiger partial charge in [0, 0.05) is 48.1 Å². The lowest BCUT2D eigenvalue weighted by Gasteiger charge is -2.38. The van der Waals surface area contributed by atoms with Crippen LogP contribution in [0.25, 0.3) is 10.9 Å². The van der Waals surface area contributed by atoms with Crippen LogP contribution in [-0.4, -0.2) is 52.3 Å². The Hall–Kier alpha value is -2.12. The molecule has 2 aromatic carbocycles. The maximum atomic E-state index is 11.2. The van der Waals surface area contributed by atoms with Gasteiger partial charge in [0.15, 0.2) is 6.29 Å². The lowest BCUT2D eigenvalue weighted by atomic mass is 9.85. The highest BCUT2D eigenvalue weighted by atomic mass is 32.2. The predicted molar refractivity (Wildman–Crippen MR) is 126 cm³/mol. The van der Waals surface area contributed by atoms with Gasteiger partial charge in [-0.2, -0.15) is 0 Å². The number of aromatic nitrogens is 1. The minimum atomic E-state index is -0.848.